The van der Waals surface area contributed by atoms with Crippen molar-refractivity contribution in [2.45, 2.75) is 76.0 Å². The van der Waals surface area contributed by atoms with E-state index in [-0.39, 0.29) is 16.6 Å². The molecule has 1 atom stereocenters. The van der Waals surface area contributed by atoms with E-state index < -0.39 is 0 Å². The van der Waals surface area contributed by atoms with Gasteiger partial charge in [0.25, 0.3) is 0 Å². The van der Waals surface area contributed by atoms with E-state index in [1.54, 1.807) is 11.8 Å². The molecule has 3 rings (SSSR count). The molecule has 3 aliphatic rings. The van der Waals surface area contributed by atoms with Crippen LogP contribution in [0.5, 0.6) is 0 Å². The molecule has 0 aromatic carbocycles. The third-order valence-corrected chi connectivity index (χ3v) is 7.46. The molecule has 0 radical (unpaired) electrons. The van der Waals surface area contributed by atoms with E-state index in [2.05, 4.69) is 4.90 Å². The predicted octanol–water partition coefficient (Wildman–Crippen LogP) is 3.30. The van der Waals surface area contributed by atoms with Crippen LogP contribution in [-0.4, -0.2) is 58.8 Å². The number of nitrogens with zero attached hydrogens (tertiary/aromatic N) is 2. The van der Waals surface area contributed by atoms with Crippen LogP contribution in [-0.2, 0) is 9.59 Å². The summed E-state index contributed by atoms with van der Waals surface area (Å²) >= 11 is 1.63. The van der Waals surface area contributed by atoms with Crippen LogP contribution in [0.1, 0.15) is 64.7 Å². The maximum absolute atomic E-state index is 12.5. The van der Waals surface area contributed by atoms with E-state index in [9.17, 15) is 9.59 Å². The van der Waals surface area contributed by atoms with E-state index in [0.29, 0.717) is 18.4 Å². The first kappa shape index (κ1) is 18.1. The molecule has 4 nitrogen and oxygen atoms in total. The molecule has 5 heteroatoms. The Kier molecular flexibility index (Phi) is 5.78. The molecule has 0 N–H and O–H groups in total. The Morgan fingerprint density at radius 2 is 1.83 bits per heavy atom. The summed E-state index contributed by atoms with van der Waals surface area (Å²) in [6, 6.07) is 0.486. The SMILES string of the molecule is CSC(C)C(=O)N1CCC2(CCC(=O)N(C3CCCCC3)C2)CC1. The summed E-state index contributed by atoms with van der Waals surface area (Å²) in [6.45, 7) is 4.69. The third-order valence-electron chi connectivity index (χ3n) is 6.55. The molecule has 24 heavy (non-hydrogen) atoms. The lowest BCUT2D eigenvalue weighted by atomic mass is 9.71. The van der Waals surface area contributed by atoms with Crippen LogP contribution in [0.3, 0.4) is 0 Å². The molecule has 1 saturated carbocycles. The summed E-state index contributed by atoms with van der Waals surface area (Å²) in [5, 5.41) is 0.0609. The zero-order valence-electron chi connectivity index (χ0n) is 15.3. The van der Waals surface area contributed by atoms with Gasteiger partial charge in [-0.3, -0.25) is 9.59 Å². The van der Waals surface area contributed by atoms with E-state index in [1.807, 2.05) is 18.1 Å². The minimum absolute atomic E-state index is 0.0609. The maximum atomic E-state index is 12.5. The molecule has 1 unspecified atom stereocenters. The van der Waals surface area contributed by atoms with Gasteiger partial charge in [0.2, 0.25) is 11.8 Å². The summed E-state index contributed by atoms with van der Waals surface area (Å²) in [7, 11) is 0. The number of hydrogen-bond acceptors (Lipinski definition) is 3. The number of rotatable bonds is 3. The van der Waals surface area contributed by atoms with Gasteiger partial charge < -0.3 is 9.80 Å². The number of likely N-dealkylation sites (tertiary alicyclic amines) is 2. The summed E-state index contributed by atoms with van der Waals surface area (Å²) < 4.78 is 0. The summed E-state index contributed by atoms with van der Waals surface area (Å²) in [5.41, 5.74) is 0.269. The molecular weight excluding hydrogens is 320 g/mol. The lowest BCUT2D eigenvalue weighted by molar-refractivity contribution is -0.145. The fraction of sp³-hybridized carbons (Fsp3) is 0.895. The van der Waals surface area contributed by atoms with Crippen LogP contribution < -0.4 is 0 Å². The topological polar surface area (TPSA) is 40.6 Å². The van der Waals surface area contributed by atoms with Crippen molar-refractivity contribution in [3.63, 3.8) is 0 Å². The van der Waals surface area contributed by atoms with Crippen molar-refractivity contribution in [2.75, 3.05) is 25.9 Å². The molecule has 2 saturated heterocycles. The van der Waals surface area contributed by atoms with Crippen molar-refractivity contribution in [3.8, 4) is 0 Å². The van der Waals surface area contributed by atoms with Gasteiger partial charge in [-0.05, 0) is 50.7 Å². The van der Waals surface area contributed by atoms with Gasteiger partial charge in [-0.1, -0.05) is 19.3 Å². The van der Waals surface area contributed by atoms with Crippen LogP contribution in [0.4, 0.5) is 0 Å². The van der Waals surface area contributed by atoms with Crippen molar-refractivity contribution in [1.29, 1.82) is 0 Å². The second-order valence-corrected chi connectivity index (χ2v) is 9.20. The number of thioether (sulfide) groups is 1. The highest BCUT2D eigenvalue weighted by Crippen LogP contribution is 2.42. The van der Waals surface area contributed by atoms with Gasteiger partial charge in [0.15, 0.2) is 0 Å². The number of amides is 2. The molecule has 0 aromatic heterocycles. The normalized spacial score (nSPS) is 26.7. The van der Waals surface area contributed by atoms with Gasteiger partial charge in [0, 0.05) is 32.1 Å². The number of piperidine rings is 2. The smallest absolute Gasteiger partial charge is 0.235 e. The standard InChI is InChI=1S/C19H32N2O2S/c1-15(24-2)18(23)20-12-10-19(11-13-20)9-8-17(22)21(14-19)16-6-4-3-5-7-16/h15-16H,3-14H2,1-2H3. The second-order valence-electron chi connectivity index (χ2n) is 8.02. The van der Waals surface area contributed by atoms with Crippen LogP contribution >= 0.6 is 11.8 Å². The quantitative estimate of drug-likeness (QED) is 0.782. The summed E-state index contributed by atoms with van der Waals surface area (Å²) in [4.78, 5) is 29.2. The van der Waals surface area contributed by atoms with E-state index in [4.69, 9.17) is 0 Å². The molecule has 2 heterocycles. The van der Waals surface area contributed by atoms with E-state index >= 15 is 0 Å². The van der Waals surface area contributed by atoms with Gasteiger partial charge >= 0.3 is 0 Å². The number of hydrogen-bond donors (Lipinski definition) is 0. The van der Waals surface area contributed by atoms with Crippen LogP contribution in [0.15, 0.2) is 0 Å². The second kappa shape index (κ2) is 7.67. The van der Waals surface area contributed by atoms with Gasteiger partial charge in [-0.2, -0.15) is 11.8 Å². The monoisotopic (exact) mass is 352 g/mol. The molecule has 0 bridgehead atoms. The molecule has 2 amide bonds. The zero-order chi connectivity index (χ0) is 17.2. The lowest BCUT2D eigenvalue weighted by Crippen LogP contribution is -2.55. The Labute approximate surface area is 150 Å². The Morgan fingerprint density at radius 1 is 1.17 bits per heavy atom. The van der Waals surface area contributed by atoms with Crippen molar-refractivity contribution < 1.29 is 9.59 Å². The minimum Gasteiger partial charge on any atom is -0.342 e. The number of carbonyl (C=O) groups excluding carboxylic acids is 2. The maximum Gasteiger partial charge on any atom is 0.235 e. The minimum atomic E-state index is 0.0609. The molecule has 136 valence electrons. The highest BCUT2D eigenvalue weighted by atomic mass is 32.2. The predicted molar refractivity (Wildman–Crippen MR) is 99.0 cm³/mol. The van der Waals surface area contributed by atoms with Gasteiger partial charge in [-0.25, -0.2) is 0 Å². The first-order chi connectivity index (χ1) is 11.5. The Balaban J connectivity index is 1.60. The zero-order valence-corrected chi connectivity index (χ0v) is 16.1. The van der Waals surface area contributed by atoms with Crippen LogP contribution in [0, 0.1) is 5.41 Å². The average Bonchev–Trinajstić information content (AvgIpc) is 2.64. The molecule has 1 spiro atoms. The first-order valence-electron chi connectivity index (χ1n) is 9.66. The van der Waals surface area contributed by atoms with Crippen LogP contribution in [0.25, 0.3) is 0 Å². The van der Waals surface area contributed by atoms with Crippen molar-refractivity contribution in [2.24, 2.45) is 5.41 Å². The average molecular weight is 353 g/mol. The van der Waals surface area contributed by atoms with Crippen molar-refractivity contribution in [1.82, 2.24) is 9.80 Å². The molecular formula is C19H32N2O2S. The van der Waals surface area contributed by atoms with E-state index in [0.717, 1.165) is 38.9 Å². The fourth-order valence-electron chi connectivity index (χ4n) is 4.74. The van der Waals surface area contributed by atoms with Crippen molar-refractivity contribution in [3.05, 3.63) is 0 Å². The first-order valence-corrected chi connectivity index (χ1v) is 10.9. The molecule has 1 aliphatic carbocycles. The van der Waals surface area contributed by atoms with Crippen molar-refractivity contribution >= 4 is 23.6 Å². The Morgan fingerprint density at radius 3 is 2.46 bits per heavy atom. The molecule has 3 fully saturated rings. The summed E-state index contributed by atoms with van der Waals surface area (Å²) in [6.07, 6.45) is 12.1. The lowest BCUT2D eigenvalue weighted by Gasteiger charge is -2.50. The van der Waals surface area contributed by atoms with Crippen LogP contribution in [0.2, 0.25) is 0 Å². The molecule has 2 aliphatic heterocycles. The number of carbonyl (C=O) groups is 2. The largest absolute Gasteiger partial charge is 0.342 e. The van der Waals surface area contributed by atoms with Gasteiger partial charge in [0.05, 0.1) is 5.25 Å². The Hall–Kier alpha value is -0.710. The van der Waals surface area contributed by atoms with Gasteiger partial charge in [-0.15, -0.1) is 0 Å². The molecule has 0 aromatic rings. The third kappa shape index (κ3) is 3.76. The van der Waals surface area contributed by atoms with E-state index in [1.165, 1.54) is 32.1 Å². The fourth-order valence-corrected chi connectivity index (χ4v) is 5.09. The summed E-state index contributed by atoms with van der Waals surface area (Å²) in [5.74, 6) is 0.662. The Bertz CT molecular complexity index is 468. The highest BCUT2D eigenvalue weighted by Gasteiger charge is 2.43. The van der Waals surface area contributed by atoms with Gasteiger partial charge in [0.1, 0.15) is 0 Å². The highest BCUT2D eigenvalue weighted by molar-refractivity contribution is 7.99.